The SMILES string of the molecule is C=CC(=O)O.CCCC1CO1. The van der Waals surface area contributed by atoms with Crippen molar-refractivity contribution in [1.82, 2.24) is 0 Å². The van der Waals surface area contributed by atoms with E-state index >= 15 is 0 Å². The quantitative estimate of drug-likeness (QED) is 0.499. The van der Waals surface area contributed by atoms with Crippen LogP contribution in [-0.2, 0) is 9.53 Å². The highest BCUT2D eigenvalue weighted by molar-refractivity contribution is 5.78. The maximum Gasteiger partial charge on any atom is 0.327 e. The van der Waals surface area contributed by atoms with Gasteiger partial charge in [0.25, 0.3) is 0 Å². The first-order valence-corrected chi connectivity index (χ1v) is 3.67. The summed E-state index contributed by atoms with van der Waals surface area (Å²) in [5.41, 5.74) is 0. The molecule has 11 heavy (non-hydrogen) atoms. The van der Waals surface area contributed by atoms with Gasteiger partial charge in [0, 0.05) is 6.08 Å². The zero-order valence-electron chi connectivity index (χ0n) is 6.75. The number of ether oxygens (including phenoxy) is 1. The number of carboxylic acid groups (broad SMARTS) is 1. The lowest BCUT2D eigenvalue weighted by Gasteiger charge is -1.79. The van der Waals surface area contributed by atoms with E-state index in [2.05, 4.69) is 13.5 Å². The molecule has 1 fully saturated rings. The van der Waals surface area contributed by atoms with Gasteiger partial charge in [-0.25, -0.2) is 4.79 Å². The Hall–Kier alpha value is -0.830. The van der Waals surface area contributed by atoms with Gasteiger partial charge in [0.2, 0.25) is 0 Å². The monoisotopic (exact) mass is 158 g/mol. The van der Waals surface area contributed by atoms with Gasteiger partial charge in [0.15, 0.2) is 0 Å². The average Bonchev–Trinajstić information content (AvgIpc) is 2.74. The highest BCUT2D eigenvalue weighted by atomic mass is 16.6. The van der Waals surface area contributed by atoms with Gasteiger partial charge in [0.05, 0.1) is 12.7 Å². The van der Waals surface area contributed by atoms with E-state index in [1.807, 2.05) is 0 Å². The Morgan fingerprint density at radius 3 is 2.45 bits per heavy atom. The van der Waals surface area contributed by atoms with Crippen molar-refractivity contribution < 1.29 is 14.6 Å². The van der Waals surface area contributed by atoms with Crippen molar-refractivity contribution in [2.45, 2.75) is 25.9 Å². The molecule has 0 saturated carbocycles. The van der Waals surface area contributed by atoms with Gasteiger partial charge in [-0.15, -0.1) is 0 Å². The highest BCUT2D eigenvalue weighted by Crippen LogP contribution is 2.14. The third-order valence-corrected chi connectivity index (χ3v) is 1.19. The van der Waals surface area contributed by atoms with Crippen LogP contribution in [0.2, 0.25) is 0 Å². The second-order valence-electron chi connectivity index (χ2n) is 2.29. The fourth-order valence-electron chi connectivity index (χ4n) is 0.557. The van der Waals surface area contributed by atoms with Gasteiger partial charge in [-0.05, 0) is 6.42 Å². The lowest BCUT2D eigenvalue weighted by atomic mass is 10.3. The summed E-state index contributed by atoms with van der Waals surface area (Å²) in [7, 11) is 0. The second-order valence-corrected chi connectivity index (χ2v) is 2.29. The van der Waals surface area contributed by atoms with E-state index in [4.69, 9.17) is 9.84 Å². The number of hydrogen-bond donors (Lipinski definition) is 1. The number of carboxylic acids is 1. The van der Waals surface area contributed by atoms with Crippen molar-refractivity contribution in [3.63, 3.8) is 0 Å². The van der Waals surface area contributed by atoms with Crippen LogP contribution in [0.1, 0.15) is 19.8 Å². The average molecular weight is 158 g/mol. The summed E-state index contributed by atoms with van der Waals surface area (Å²) in [6.45, 7) is 6.16. The van der Waals surface area contributed by atoms with Crippen LogP contribution < -0.4 is 0 Å². The van der Waals surface area contributed by atoms with Crippen LogP contribution >= 0.6 is 0 Å². The topological polar surface area (TPSA) is 49.8 Å². The molecule has 1 saturated heterocycles. The Labute approximate surface area is 66.7 Å². The van der Waals surface area contributed by atoms with Crippen LogP contribution in [0.25, 0.3) is 0 Å². The third kappa shape index (κ3) is 9.17. The van der Waals surface area contributed by atoms with Gasteiger partial charge in [-0.3, -0.25) is 0 Å². The summed E-state index contributed by atoms with van der Waals surface area (Å²) in [6, 6.07) is 0. The Morgan fingerprint density at radius 2 is 2.36 bits per heavy atom. The van der Waals surface area contributed by atoms with Gasteiger partial charge in [-0.1, -0.05) is 19.9 Å². The van der Waals surface area contributed by atoms with Crippen LogP contribution in [0.5, 0.6) is 0 Å². The Morgan fingerprint density at radius 1 is 1.91 bits per heavy atom. The fourth-order valence-corrected chi connectivity index (χ4v) is 0.557. The summed E-state index contributed by atoms with van der Waals surface area (Å²) < 4.78 is 4.95. The summed E-state index contributed by atoms with van der Waals surface area (Å²) in [4.78, 5) is 9.25. The van der Waals surface area contributed by atoms with E-state index in [9.17, 15) is 4.79 Å². The summed E-state index contributed by atoms with van der Waals surface area (Å²) in [5, 5.41) is 7.60. The van der Waals surface area contributed by atoms with E-state index in [1.165, 1.54) is 12.8 Å². The molecule has 0 spiro atoms. The predicted molar refractivity (Wildman–Crippen MR) is 42.5 cm³/mol. The molecule has 3 heteroatoms. The second kappa shape index (κ2) is 5.92. The minimum absolute atomic E-state index is 0.648. The van der Waals surface area contributed by atoms with Crippen molar-refractivity contribution in [1.29, 1.82) is 0 Å². The van der Waals surface area contributed by atoms with Crippen LogP contribution in [-0.4, -0.2) is 23.8 Å². The molecule has 64 valence electrons. The maximum absolute atomic E-state index is 9.25. The van der Waals surface area contributed by atoms with Crippen molar-refractivity contribution in [2.24, 2.45) is 0 Å². The smallest absolute Gasteiger partial charge is 0.327 e. The van der Waals surface area contributed by atoms with Crippen LogP contribution in [0.15, 0.2) is 12.7 Å². The van der Waals surface area contributed by atoms with Crippen molar-refractivity contribution in [2.75, 3.05) is 6.61 Å². The van der Waals surface area contributed by atoms with E-state index < -0.39 is 5.97 Å². The first-order valence-electron chi connectivity index (χ1n) is 3.67. The summed E-state index contributed by atoms with van der Waals surface area (Å²) in [5.74, 6) is -0.981. The van der Waals surface area contributed by atoms with Crippen LogP contribution in [0.3, 0.4) is 0 Å². The first-order chi connectivity index (χ1) is 5.20. The molecule has 1 aliphatic rings. The molecule has 0 radical (unpaired) electrons. The molecule has 1 aliphatic heterocycles. The molecule has 0 aromatic rings. The molecule has 3 nitrogen and oxygen atoms in total. The van der Waals surface area contributed by atoms with Crippen LogP contribution in [0, 0.1) is 0 Å². The highest BCUT2D eigenvalue weighted by Gasteiger charge is 2.19. The standard InChI is InChI=1S/C5H10O.C3H4O2/c1-2-3-5-4-6-5;1-2-3(4)5/h5H,2-4H2,1H3;2H,1H2,(H,4,5). The third-order valence-electron chi connectivity index (χ3n) is 1.19. The zero-order chi connectivity index (χ0) is 8.69. The summed E-state index contributed by atoms with van der Waals surface area (Å²) in [6.07, 6.45) is 4.01. The zero-order valence-corrected chi connectivity index (χ0v) is 6.75. The molecule has 0 aliphatic carbocycles. The minimum Gasteiger partial charge on any atom is -0.478 e. The van der Waals surface area contributed by atoms with Gasteiger partial charge < -0.3 is 9.84 Å². The Bertz CT molecular complexity index is 127. The molecule has 0 amide bonds. The fraction of sp³-hybridized carbons (Fsp3) is 0.625. The Kier molecular flexibility index (Phi) is 5.47. The number of aliphatic carboxylic acids is 1. The van der Waals surface area contributed by atoms with E-state index in [0.29, 0.717) is 6.10 Å². The molecule has 1 rings (SSSR count). The number of carbonyl (C=O) groups is 1. The van der Waals surface area contributed by atoms with Crippen molar-refractivity contribution in [3.8, 4) is 0 Å². The number of hydrogen-bond acceptors (Lipinski definition) is 2. The molecule has 0 aromatic heterocycles. The molecule has 0 bridgehead atoms. The molecular formula is C8H14O3. The number of rotatable bonds is 3. The molecule has 0 aromatic carbocycles. The normalized spacial score (nSPS) is 19.5. The summed E-state index contributed by atoms with van der Waals surface area (Å²) >= 11 is 0. The largest absolute Gasteiger partial charge is 0.478 e. The lowest BCUT2D eigenvalue weighted by Crippen LogP contribution is -1.82. The molecule has 1 N–H and O–H groups in total. The van der Waals surface area contributed by atoms with E-state index in [1.54, 1.807) is 0 Å². The minimum atomic E-state index is -0.981. The Balaban J connectivity index is 0.000000187. The van der Waals surface area contributed by atoms with Gasteiger partial charge in [0.1, 0.15) is 0 Å². The van der Waals surface area contributed by atoms with Crippen LogP contribution in [0.4, 0.5) is 0 Å². The lowest BCUT2D eigenvalue weighted by molar-refractivity contribution is -0.131. The number of epoxide rings is 1. The maximum atomic E-state index is 9.25. The predicted octanol–water partition coefficient (Wildman–Crippen LogP) is 1.44. The van der Waals surface area contributed by atoms with Gasteiger partial charge in [-0.2, -0.15) is 0 Å². The van der Waals surface area contributed by atoms with E-state index in [-0.39, 0.29) is 0 Å². The van der Waals surface area contributed by atoms with Crippen molar-refractivity contribution in [3.05, 3.63) is 12.7 Å². The van der Waals surface area contributed by atoms with Gasteiger partial charge >= 0.3 is 5.97 Å². The molecular weight excluding hydrogens is 144 g/mol. The van der Waals surface area contributed by atoms with Crippen molar-refractivity contribution >= 4 is 5.97 Å². The molecule has 1 heterocycles. The van der Waals surface area contributed by atoms with E-state index in [0.717, 1.165) is 12.7 Å². The molecule has 1 atom stereocenters. The molecule has 1 unspecified atom stereocenters. The first kappa shape index (κ1) is 10.2.